The SMILES string of the molecule is OCc1nc2ccccc2n1CCCc1cccc(F)c1. The molecular formula is C17H17FN2O. The fraction of sp³-hybridized carbons (Fsp3) is 0.235. The van der Waals surface area contributed by atoms with Crippen molar-refractivity contribution in [1.82, 2.24) is 9.55 Å². The van der Waals surface area contributed by atoms with Crippen LogP contribution in [0.2, 0.25) is 0 Å². The highest BCUT2D eigenvalue weighted by atomic mass is 19.1. The average molecular weight is 284 g/mol. The lowest BCUT2D eigenvalue weighted by Crippen LogP contribution is -2.05. The van der Waals surface area contributed by atoms with Crippen molar-refractivity contribution < 1.29 is 9.50 Å². The van der Waals surface area contributed by atoms with Gasteiger partial charge in [-0.1, -0.05) is 24.3 Å². The summed E-state index contributed by atoms with van der Waals surface area (Å²) >= 11 is 0. The van der Waals surface area contributed by atoms with Crippen molar-refractivity contribution >= 4 is 11.0 Å². The standard InChI is InChI=1S/C17H17FN2O/c18-14-7-3-5-13(11-14)6-4-10-20-16-9-2-1-8-15(16)19-17(20)12-21/h1-3,5,7-9,11,21H,4,6,10,12H2. The van der Waals surface area contributed by atoms with Crippen LogP contribution in [-0.2, 0) is 19.6 Å². The van der Waals surface area contributed by atoms with E-state index in [4.69, 9.17) is 0 Å². The quantitative estimate of drug-likeness (QED) is 0.780. The summed E-state index contributed by atoms with van der Waals surface area (Å²) in [5.41, 5.74) is 2.91. The molecule has 108 valence electrons. The van der Waals surface area contributed by atoms with Crippen molar-refractivity contribution in [3.63, 3.8) is 0 Å². The lowest BCUT2D eigenvalue weighted by molar-refractivity contribution is 0.265. The van der Waals surface area contributed by atoms with Gasteiger partial charge in [-0.15, -0.1) is 0 Å². The molecule has 0 saturated heterocycles. The molecule has 0 aliphatic heterocycles. The minimum atomic E-state index is -0.198. The highest BCUT2D eigenvalue weighted by Gasteiger charge is 2.09. The molecule has 3 nitrogen and oxygen atoms in total. The monoisotopic (exact) mass is 284 g/mol. The predicted molar refractivity (Wildman–Crippen MR) is 80.4 cm³/mol. The van der Waals surface area contributed by atoms with E-state index in [0.717, 1.165) is 36.0 Å². The Bertz CT molecular complexity index is 751. The molecule has 1 heterocycles. The molecule has 0 atom stereocenters. The first-order valence-electron chi connectivity index (χ1n) is 7.07. The second-order valence-electron chi connectivity index (χ2n) is 5.06. The van der Waals surface area contributed by atoms with Gasteiger partial charge in [-0.3, -0.25) is 0 Å². The lowest BCUT2D eigenvalue weighted by atomic mass is 10.1. The number of para-hydroxylation sites is 2. The van der Waals surface area contributed by atoms with Gasteiger partial charge in [-0.25, -0.2) is 9.37 Å². The third-order valence-corrected chi connectivity index (χ3v) is 3.61. The van der Waals surface area contributed by atoms with Gasteiger partial charge in [0.25, 0.3) is 0 Å². The zero-order valence-electron chi connectivity index (χ0n) is 11.7. The van der Waals surface area contributed by atoms with Gasteiger partial charge in [0.15, 0.2) is 0 Å². The Kier molecular flexibility index (Phi) is 3.97. The molecule has 0 fully saturated rings. The van der Waals surface area contributed by atoms with Crippen LogP contribution < -0.4 is 0 Å². The van der Waals surface area contributed by atoms with E-state index in [9.17, 15) is 9.50 Å². The van der Waals surface area contributed by atoms with Crippen LogP contribution in [0.25, 0.3) is 11.0 Å². The van der Waals surface area contributed by atoms with Crippen LogP contribution in [0, 0.1) is 5.82 Å². The Balaban J connectivity index is 1.75. The fourth-order valence-corrected chi connectivity index (χ4v) is 2.63. The number of benzene rings is 2. The number of hydrogen-bond donors (Lipinski definition) is 1. The maximum absolute atomic E-state index is 13.1. The Morgan fingerprint density at radius 3 is 2.76 bits per heavy atom. The van der Waals surface area contributed by atoms with Gasteiger partial charge in [-0.05, 0) is 42.7 Å². The summed E-state index contributed by atoms with van der Waals surface area (Å²) in [7, 11) is 0. The van der Waals surface area contributed by atoms with Gasteiger partial charge >= 0.3 is 0 Å². The molecule has 0 amide bonds. The summed E-state index contributed by atoms with van der Waals surface area (Å²) in [4.78, 5) is 4.42. The number of aliphatic hydroxyl groups excluding tert-OH is 1. The number of aliphatic hydroxyl groups is 1. The van der Waals surface area contributed by atoms with Crippen molar-refractivity contribution in [2.24, 2.45) is 0 Å². The molecule has 1 N–H and O–H groups in total. The van der Waals surface area contributed by atoms with Crippen LogP contribution in [-0.4, -0.2) is 14.7 Å². The van der Waals surface area contributed by atoms with E-state index in [-0.39, 0.29) is 12.4 Å². The first-order chi connectivity index (χ1) is 10.3. The normalized spacial score (nSPS) is 11.1. The molecule has 0 saturated carbocycles. The van der Waals surface area contributed by atoms with Crippen LogP contribution >= 0.6 is 0 Å². The van der Waals surface area contributed by atoms with Gasteiger partial charge in [-0.2, -0.15) is 0 Å². The second kappa shape index (κ2) is 6.06. The summed E-state index contributed by atoms with van der Waals surface area (Å²) in [6, 6.07) is 14.5. The Hall–Kier alpha value is -2.20. The summed E-state index contributed by atoms with van der Waals surface area (Å²) in [6.07, 6.45) is 1.67. The number of nitrogens with zero attached hydrogens (tertiary/aromatic N) is 2. The van der Waals surface area contributed by atoms with E-state index in [1.165, 1.54) is 6.07 Å². The third-order valence-electron chi connectivity index (χ3n) is 3.61. The molecule has 0 radical (unpaired) electrons. The lowest BCUT2D eigenvalue weighted by Gasteiger charge is -2.08. The van der Waals surface area contributed by atoms with Gasteiger partial charge in [0.1, 0.15) is 18.2 Å². The molecular weight excluding hydrogens is 267 g/mol. The van der Waals surface area contributed by atoms with Crippen LogP contribution in [0.5, 0.6) is 0 Å². The second-order valence-corrected chi connectivity index (χ2v) is 5.06. The number of rotatable bonds is 5. The first-order valence-corrected chi connectivity index (χ1v) is 7.07. The van der Waals surface area contributed by atoms with E-state index in [0.29, 0.717) is 5.82 Å². The fourth-order valence-electron chi connectivity index (χ4n) is 2.63. The molecule has 0 aliphatic rings. The molecule has 3 rings (SSSR count). The average Bonchev–Trinajstić information content (AvgIpc) is 2.86. The number of aromatic nitrogens is 2. The summed E-state index contributed by atoms with van der Waals surface area (Å²) < 4.78 is 15.2. The highest BCUT2D eigenvalue weighted by molar-refractivity contribution is 5.75. The van der Waals surface area contributed by atoms with Crippen molar-refractivity contribution in [3.8, 4) is 0 Å². The minimum absolute atomic E-state index is 0.0748. The number of aryl methyl sites for hydroxylation is 2. The Labute approximate surface area is 122 Å². The van der Waals surface area contributed by atoms with E-state index >= 15 is 0 Å². The zero-order chi connectivity index (χ0) is 14.7. The maximum Gasteiger partial charge on any atom is 0.135 e. The molecule has 0 spiro atoms. The minimum Gasteiger partial charge on any atom is -0.388 e. The number of fused-ring (bicyclic) bond motifs is 1. The number of imidazole rings is 1. The molecule has 1 aromatic heterocycles. The van der Waals surface area contributed by atoms with Crippen molar-refractivity contribution in [1.29, 1.82) is 0 Å². The number of hydrogen-bond acceptors (Lipinski definition) is 2. The maximum atomic E-state index is 13.1. The predicted octanol–water partition coefficient (Wildman–Crippen LogP) is 3.30. The smallest absolute Gasteiger partial charge is 0.135 e. The largest absolute Gasteiger partial charge is 0.388 e. The summed E-state index contributed by atoms with van der Waals surface area (Å²) in [5, 5.41) is 9.44. The summed E-state index contributed by atoms with van der Waals surface area (Å²) in [5.74, 6) is 0.479. The Morgan fingerprint density at radius 1 is 1.10 bits per heavy atom. The molecule has 3 aromatic rings. The van der Waals surface area contributed by atoms with Gasteiger partial charge in [0.2, 0.25) is 0 Å². The van der Waals surface area contributed by atoms with Crippen molar-refractivity contribution in [2.75, 3.05) is 0 Å². The number of halogens is 1. The molecule has 21 heavy (non-hydrogen) atoms. The molecule has 4 heteroatoms. The first kappa shape index (κ1) is 13.8. The highest BCUT2D eigenvalue weighted by Crippen LogP contribution is 2.17. The van der Waals surface area contributed by atoms with E-state index in [1.54, 1.807) is 12.1 Å². The van der Waals surface area contributed by atoms with E-state index in [1.807, 2.05) is 34.9 Å². The van der Waals surface area contributed by atoms with Gasteiger partial charge in [0, 0.05) is 6.54 Å². The zero-order valence-corrected chi connectivity index (χ0v) is 11.7. The molecule has 2 aromatic carbocycles. The van der Waals surface area contributed by atoms with Crippen molar-refractivity contribution in [2.45, 2.75) is 26.0 Å². The van der Waals surface area contributed by atoms with Gasteiger partial charge in [0.05, 0.1) is 11.0 Å². The van der Waals surface area contributed by atoms with Crippen LogP contribution in [0.1, 0.15) is 17.8 Å². The van der Waals surface area contributed by atoms with Crippen LogP contribution in [0.4, 0.5) is 4.39 Å². The molecule has 0 bridgehead atoms. The van der Waals surface area contributed by atoms with E-state index < -0.39 is 0 Å². The third kappa shape index (κ3) is 2.95. The van der Waals surface area contributed by atoms with Crippen molar-refractivity contribution in [3.05, 3.63) is 65.7 Å². The van der Waals surface area contributed by atoms with Crippen LogP contribution in [0.3, 0.4) is 0 Å². The van der Waals surface area contributed by atoms with Crippen LogP contribution in [0.15, 0.2) is 48.5 Å². The summed E-state index contributed by atoms with van der Waals surface area (Å²) in [6.45, 7) is 0.682. The topological polar surface area (TPSA) is 38.1 Å². The van der Waals surface area contributed by atoms with E-state index in [2.05, 4.69) is 4.98 Å². The molecule has 0 aliphatic carbocycles. The molecule has 0 unspecified atom stereocenters. The van der Waals surface area contributed by atoms with Gasteiger partial charge < -0.3 is 9.67 Å². The Morgan fingerprint density at radius 2 is 1.95 bits per heavy atom.